The van der Waals surface area contributed by atoms with Crippen molar-refractivity contribution in [3.05, 3.63) is 96.6 Å². The second-order valence-corrected chi connectivity index (χ2v) is 6.58. The summed E-state index contributed by atoms with van der Waals surface area (Å²) in [5, 5.41) is 2.48. The number of benzene rings is 4. The molecule has 0 heterocycles. The van der Waals surface area contributed by atoms with Crippen molar-refractivity contribution >= 4 is 27.8 Å². The van der Waals surface area contributed by atoms with Gasteiger partial charge in [0.1, 0.15) is 5.75 Å². The van der Waals surface area contributed by atoms with E-state index < -0.39 is 0 Å². The Balaban J connectivity index is 1.84. The number of anilines is 3. The lowest BCUT2D eigenvalue weighted by atomic mass is 10.1. The highest BCUT2D eigenvalue weighted by atomic mass is 16.5. The maximum absolute atomic E-state index is 5.33. The molecule has 134 valence electrons. The van der Waals surface area contributed by atoms with E-state index in [9.17, 15) is 0 Å². The highest BCUT2D eigenvalue weighted by Gasteiger charge is 2.13. The number of ether oxygens (including phenoxy) is 1. The molecule has 0 radical (unpaired) electrons. The second-order valence-electron chi connectivity index (χ2n) is 6.58. The molecular formula is C25H23NO. The first-order valence-corrected chi connectivity index (χ1v) is 9.30. The van der Waals surface area contributed by atoms with Crippen LogP contribution in [0.5, 0.6) is 5.75 Å². The summed E-state index contributed by atoms with van der Waals surface area (Å²) in [4.78, 5) is 2.28. The molecule has 0 aromatic heterocycles. The topological polar surface area (TPSA) is 12.5 Å². The summed E-state index contributed by atoms with van der Waals surface area (Å²) in [5.74, 6) is 0.860. The van der Waals surface area contributed by atoms with E-state index in [1.54, 1.807) is 7.11 Å². The lowest BCUT2D eigenvalue weighted by Gasteiger charge is -2.26. The molecule has 0 amide bonds. The number of nitrogens with zero attached hydrogens (tertiary/aromatic N) is 1. The van der Waals surface area contributed by atoms with Gasteiger partial charge in [0.25, 0.3) is 0 Å². The van der Waals surface area contributed by atoms with Gasteiger partial charge in [0.15, 0.2) is 0 Å². The van der Waals surface area contributed by atoms with Crippen LogP contribution in [0.2, 0.25) is 0 Å². The van der Waals surface area contributed by atoms with Crippen molar-refractivity contribution in [1.29, 1.82) is 0 Å². The van der Waals surface area contributed by atoms with E-state index in [1.165, 1.54) is 16.3 Å². The molecule has 0 N–H and O–H groups in total. The van der Waals surface area contributed by atoms with Gasteiger partial charge in [-0.1, -0.05) is 49.4 Å². The van der Waals surface area contributed by atoms with Gasteiger partial charge in [-0.15, -0.1) is 0 Å². The molecule has 27 heavy (non-hydrogen) atoms. The van der Waals surface area contributed by atoms with Gasteiger partial charge < -0.3 is 9.64 Å². The van der Waals surface area contributed by atoms with E-state index in [0.717, 1.165) is 29.2 Å². The Labute approximate surface area is 160 Å². The van der Waals surface area contributed by atoms with E-state index in [2.05, 4.69) is 90.7 Å². The van der Waals surface area contributed by atoms with E-state index in [4.69, 9.17) is 4.74 Å². The van der Waals surface area contributed by atoms with Gasteiger partial charge >= 0.3 is 0 Å². The lowest BCUT2D eigenvalue weighted by molar-refractivity contribution is 0.415. The Kier molecular flexibility index (Phi) is 4.80. The molecule has 0 atom stereocenters. The number of hydrogen-bond acceptors (Lipinski definition) is 2. The molecule has 4 aromatic carbocycles. The van der Waals surface area contributed by atoms with Crippen molar-refractivity contribution in [2.24, 2.45) is 0 Å². The number of methoxy groups -OCH3 is 1. The normalized spacial score (nSPS) is 10.7. The number of rotatable bonds is 5. The third-order valence-corrected chi connectivity index (χ3v) is 4.92. The third-order valence-electron chi connectivity index (χ3n) is 4.92. The first kappa shape index (κ1) is 17.2. The summed E-state index contributed by atoms with van der Waals surface area (Å²) in [6.07, 6.45) is 1.04. The van der Waals surface area contributed by atoms with Crippen LogP contribution in [-0.4, -0.2) is 7.11 Å². The average molecular weight is 353 g/mol. The molecule has 2 nitrogen and oxygen atoms in total. The summed E-state index contributed by atoms with van der Waals surface area (Å²) in [6, 6.07) is 32.1. The van der Waals surface area contributed by atoms with Gasteiger partial charge in [-0.25, -0.2) is 0 Å². The van der Waals surface area contributed by atoms with Crippen LogP contribution in [-0.2, 0) is 6.42 Å². The van der Waals surface area contributed by atoms with E-state index in [1.807, 2.05) is 12.1 Å². The summed E-state index contributed by atoms with van der Waals surface area (Å²) in [5.41, 5.74) is 4.73. The van der Waals surface area contributed by atoms with Crippen LogP contribution in [0, 0.1) is 0 Å². The highest BCUT2D eigenvalue weighted by Crippen LogP contribution is 2.36. The van der Waals surface area contributed by atoms with Gasteiger partial charge in [-0.05, 0) is 71.3 Å². The van der Waals surface area contributed by atoms with Crippen molar-refractivity contribution in [2.75, 3.05) is 12.0 Å². The van der Waals surface area contributed by atoms with Gasteiger partial charge in [-0.2, -0.15) is 0 Å². The minimum absolute atomic E-state index is 0.860. The lowest BCUT2D eigenvalue weighted by Crippen LogP contribution is -2.10. The molecule has 0 fully saturated rings. The summed E-state index contributed by atoms with van der Waals surface area (Å²) < 4.78 is 5.33. The predicted molar refractivity (Wildman–Crippen MR) is 115 cm³/mol. The number of hydrogen-bond donors (Lipinski definition) is 0. The summed E-state index contributed by atoms with van der Waals surface area (Å²) >= 11 is 0. The van der Waals surface area contributed by atoms with Crippen LogP contribution < -0.4 is 9.64 Å². The molecule has 4 aromatic rings. The van der Waals surface area contributed by atoms with Crippen molar-refractivity contribution in [3.8, 4) is 5.75 Å². The smallest absolute Gasteiger partial charge is 0.119 e. The molecule has 0 aliphatic carbocycles. The predicted octanol–water partition coefficient (Wildman–Crippen LogP) is 6.88. The zero-order chi connectivity index (χ0) is 18.6. The Morgan fingerprint density at radius 3 is 1.89 bits per heavy atom. The molecule has 0 bridgehead atoms. The monoisotopic (exact) mass is 353 g/mol. The van der Waals surface area contributed by atoms with E-state index in [-0.39, 0.29) is 0 Å². The van der Waals surface area contributed by atoms with Gasteiger partial charge in [0, 0.05) is 17.1 Å². The Bertz CT molecular complexity index is 988. The molecule has 2 heteroatoms. The third kappa shape index (κ3) is 3.52. The first-order chi connectivity index (χ1) is 13.3. The van der Waals surface area contributed by atoms with Crippen LogP contribution in [0.15, 0.2) is 91.0 Å². The largest absolute Gasteiger partial charge is 0.497 e. The number of aryl methyl sites for hydroxylation is 1. The van der Waals surface area contributed by atoms with E-state index in [0.29, 0.717) is 0 Å². The molecule has 0 saturated carbocycles. The minimum atomic E-state index is 0.860. The fourth-order valence-electron chi connectivity index (χ4n) is 3.38. The van der Waals surface area contributed by atoms with Crippen LogP contribution in [0.4, 0.5) is 17.1 Å². The summed E-state index contributed by atoms with van der Waals surface area (Å²) in [6.45, 7) is 2.18. The minimum Gasteiger partial charge on any atom is -0.497 e. The molecule has 0 unspecified atom stereocenters. The van der Waals surface area contributed by atoms with Crippen LogP contribution >= 0.6 is 0 Å². The van der Waals surface area contributed by atoms with E-state index >= 15 is 0 Å². The first-order valence-electron chi connectivity index (χ1n) is 9.30. The SMILES string of the molecule is CCc1ccc(N(c2ccc(OC)cc2)c2ccc3ccccc3c2)cc1. The zero-order valence-corrected chi connectivity index (χ0v) is 15.7. The van der Waals surface area contributed by atoms with Gasteiger partial charge in [0.2, 0.25) is 0 Å². The average Bonchev–Trinajstić information content (AvgIpc) is 2.75. The fraction of sp³-hybridized carbons (Fsp3) is 0.120. The Morgan fingerprint density at radius 2 is 1.26 bits per heavy atom. The van der Waals surface area contributed by atoms with Crippen molar-refractivity contribution in [2.45, 2.75) is 13.3 Å². The van der Waals surface area contributed by atoms with Crippen LogP contribution in [0.25, 0.3) is 10.8 Å². The standard InChI is InChI=1S/C25H23NO/c1-3-19-8-11-22(12-9-19)26(23-14-16-25(27-2)17-15-23)24-13-10-20-6-4-5-7-21(20)18-24/h4-18H,3H2,1-2H3. The maximum Gasteiger partial charge on any atom is 0.119 e. The van der Waals surface area contributed by atoms with Crippen molar-refractivity contribution < 1.29 is 4.74 Å². The molecule has 0 aliphatic heterocycles. The van der Waals surface area contributed by atoms with Crippen LogP contribution in [0.3, 0.4) is 0 Å². The van der Waals surface area contributed by atoms with Crippen molar-refractivity contribution in [1.82, 2.24) is 0 Å². The highest BCUT2D eigenvalue weighted by molar-refractivity contribution is 5.89. The molecule has 0 aliphatic rings. The quantitative estimate of drug-likeness (QED) is 0.388. The second kappa shape index (κ2) is 7.55. The zero-order valence-electron chi connectivity index (χ0n) is 15.7. The Hall–Kier alpha value is -3.26. The molecular weight excluding hydrogens is 330 g/mol. The fourth-order valence-corrected chi connectivity index (χ4v) is 3.38. The molecule has 4 rings (SSSR count). The van der Waals surface area contributed by atoms with Gasteiger partial charge in [-0.3, -0.25) is 0 Å². The van der Waals surface area contributed by atoms with Crippen molar-refractivity contribution in [3.63, 3.8) is 0 Å². The molecule has 0 spiro atoms. The number of fused-ring (bicyclic) bond motifs is 1. The molecule has 0 saturated heterocycles. The Morgan fingerprint density at radius 1 is 0.667 bits per heavy atom. The van der Waals surface area contributed by atoms with Gasteiger partial charge in [0.05, 0.1) is 7.11 Å². The maximum atomic E-state index is 5.33. The van der Waals surface area contributed by atoms with Crippen LogP contribution in [0.1, 0.15) is 12.5 Å². The summed E-state index contributed by atoms with van der Waals surface area (Å²) in [7, 11) is 1.69.